The molecule has 0 nitrogen and oxygen atoms in total. The maximum Gasteiger partial charge on any atom is -0.0146 e. The first kappa shape index (κ1) is 9.31. The number of unbranched alkanes of at least 4 members (excludes halogenated alkanes) is 1. The lowest BCUT2D eigenvalue weighted by Crippen LogP contribution is -1.92. The van der Waals surface area contributed by atoms with E-state index in [0.717, 1.165) is 0 Å². The van der Waals surface area contributed by atoms with Gasteiger partial charge in [0.2, 0.25) is 0 Å². The van der Waals surface area contributed by atoms with Crippen LogP contribution in [0.1, 0.15) is 44.6 Å². The van der Waals surface area contributed by atoms with Gasteiger partial charge < -0.3 is 0 Å². The first-order valence-electron chi connectivity index (χ1n) is 4.72. The van der Waals surface area contributed by atoms with Crippen LogP contribution in [0.25, 0.3) is 0 Å². The second-order valence-electron chi connectivity index (χ2n) is 3.29. The summed E-state index contributed by atoms with van der Waals surface area (Å²) >= 11 is 0. The van der Waals surface area contributed by atoms with Crippen molar-refractivity contribution in [1.82, 2.24) is 0 Å². The molecule has 1 rings (SSSR count). The average Bonchev–Trinajstić information content (AvgIpc) is 2.15. The Morgan fingerprint density at radius 3 is 2.83 bits per heavy atom. The van der Waals surface area contributed by atoms with Gasteiger partial charge in [-0.25, -0.2) is 0 Å². The van der Waals surface area contributed by atoms with E-state index in [1.54, 1.807) is 0 Å². The first-order valence-corrected chi connectivity index (χ1v) is 4.72. The lowest BCUT2D eigenvalue weighted by atomic mass is 9.96. The van der Waals surface area contributed by atoms with Crippen molar-refractivity contribution in [3.05, 3.63) is 35.9 Å². The van der Waals surface area contributed by atoms with Gasteiger partial charge in [0.1, 0.15) is 0 Å². The van der Waals surface area contributed by atoms with Crippen molar-refractivity contribution in [3.63, 3.8) is 0 Å². The summed E-state index contributed by atoms with van der Waals surface area (Å²) < 4.78 is 0. The maximum atomic E-state index is 3.25. The van der Waals surface area contributed by atoms with Crippen molar-refractivity contribution in [3.8, 4) is 0 Å². The lowest BCUT2D eigenvalue weighted by molar-refractivity contribution is 0.623. The molecule has 0 aliphatic heterocycles. The summed E-state index contributed by atoms with van der Waals surface area (Å²) in [6, 6.07) is 12.2. The molecule has 0 N–H and O–H groups in total. The molecule has 0 aliphatic rings. The van der Waals surface area contributed by atoms with E-state index in [1.807, 2.05) is 18.2 Å². The van der Waals surface area contributed by atoms with Crippen molar-refractivity contribution in [2.75, 3.05) is 0 Å². The highest BCUT2D eigenvalue weighted by molar-refractivity contribution is 5.16. The molecule has 12 heavy (non-hydrogen) atoms. The predicted octanol–water partition coefficient (Wildman–Crippen LogP) is 3.58. The molecular weight excluding hydrogens is 144 g/mol. The van der Waals surface area contributed by atoms with Gasteiger partial charge in [-0.1, -0.05) is 44.9 Å². The van der Waals surface area contributed by atoms with Crippen LogP contribution in [0.5, 0.6) is 0 Å². The van der Waals surface area contributed by atoms with E-state index < -0.39 is 0 Å². The SMILES string of the molecule is CCCCC(C)c1[c]cc[c]c1. The second-order valence-corrected chi connectivity index (χ2v) is 3.29. The van der Waals surface area contributed by atoms with Gasteiger partial charge in [-0.3, -0.25) is 0 Å². The second kappa shape index (κ2) is 4.97. The standard InChI is InChI=1S/C12H16/c1-3-4-8-11(2)12-9-6-5-7-10-12/h5-6,10-11H,3-4,8H2,1-2H3. The molecule has 0 spiro atoms. The molecule has 0 aromatic heterocycles. The fraction of sp³-hybridized carbons (Fsp3) is 0.500. The van der Waals surface area contributed by atoms with Crippen LogP contribution in [-0.4, -0.2) is 0 Å². The van der Waals surface area contributed by atoms with Crippen molar-refractivity contribution in [1.29, 1.82) is 0 Å². The molecule has 0 saturated heterocycles. The molecule has 0 aliphatic carbocycles. The van der Waals surface area contributed by atoms with Crippen LogP contribution in [0.15, 0.2) is 18.2 Å². The van der Waals surface area contributed by atoms with Crippen molar-refractivity contribution in [2.45, 2.75) is 39.0 Å². The summed E-state index contributed by atoms with van der Waals surface area (Å²) in [7, 11) is 0. The molecule has 0 amide bonds. The smallest absolute Gasteiger partial charge is 0.0146 e. The summed E-state index contributed by atoms with van der Waals surface area (Å²) in [4.78, 5) is 0. The molecule has 64 valence electrons. The molecule has 1 aromatic carbocycles. The van der Waals surface area contributed by atoms with E-state index in [4.69, 9.17) is 0 Å². The molecule has 0 fully saturated rings. The summed E-state index contributed by atoms with van der Waals surface area (Å²) in [5.74, 6) is 0.641. The number of rotatable bonds is 4. The fourth-order valence-corrected chi connectivity index (χ4v) is 1.32. The average molecular weight is 160 g/mol. The first-order chi connectivity index (χ1) is 5.84. The van der Waals surface area contributed by atoms with E-state index in [-0.39, 0.29) is 0 Å². The fourth-order valence-electron chi connectivity index (χ4n) is 1.32. The zero-order chi connectivity index (χ0) is 8.81. The van der Waals surface area contributed by atoms with Gasteiger partial charge in [0.05, 0.1) is 0 Å². The van der Waals surface area contributed by atoms with E-state index in [0.29, 0.717) is 5.92 Å². The molecule has 2 radical (unpaired) electrons. The van der Waals surface area contributed by atoms with Gasteiger partial charge in [-0.05, 0) is 30.0 Å². The van der Waals surface area contributed by atoms with Crippen LogP contribution >= 0.6 is 0 Å². The molecule has 0 saturated carbocycles. The molecule has 1 atom stereocenters. The van der Waals surface area contributed by atoms with E-state index in [2.05, 4.69) is 26.0 Å². The lowest BCUT2D eigenvalue weighted by Gasteiger charge is -2.09. The van der Waals surface area contributed by atoms with Gasteiger partial charge in [0, 0.05) is 0 Å². The highest BCUT2D eigenvalue weighted by atomic mass is 14.1. The van der Waals surface area contributed by atoms with Gasteiger partial charge in [-0.2, -0.15) is 0 Å². The molecule has 0 bridgehead atoms. The van der Waals surface area contributed by atoms with Crippen LogP contribution in [0.2, 0.25) is 0 Å². The van der Waals surface area contributed by atoms with Crippen LogP contribution in [0.4, 0.5) is 0 Å². The summed E-state index contributed by atoms with van der Waals surface area (Å²) in [6.45, 7) is 4.49. The highest BCUT2D eigenvalue weighted by Crippen LogP contribution is 2.19. The minimum absolute atomic E-state index is 0.641. The van der Waals surface area contributed by atoms with E-state index in [9.17, 15) is 0 Å². The van der Waals surface area contributed by atoms with Crippen molar-refractivity contribution < 1.29 is 0 Å². The zero-order valence-electron chi connectivity index (χ0n) is 7.93. The molecule has 1 aromatic rings. The Balaban J connectivity index is 2.48. The monoisotopic (exact) mass is 160 g/mol. The third kappa shape index (κ3) is 2.69. The number of hydrogen-bond acceptors (Lipinski definition) is 0. The summed E-state index contributed by atoms with van der Waals surface area (Å²) in [5.41, 5.74) is 1.30. The third-order valence-corrected chi connectivity index (χ3v) is 2.19. The maximum absolute atomic E-state index is 3.25. The van der Waals surface area contributed by atoms with Crippen molar-refractivity contribution >= 4 is 0 Å². The summed E-state index contributed by atoms with van der Waals surface area (Å²) in [6.07, 6.45) is 3.86. The summed E-state index contributed by atoms with van der Waals surface area (Å²) in [5, 5.41) is 0. The Labute approximate surface area is 75.6 Å². The Morgan fingerprint density at radius 2 is 2.25 bits per heavy atom. The Hall–Kier alpha value is -0.780. The highest BCUT2D eigenvalue weighted by Gasteiger charge is 2.02. The topological polar surface area (TPSA) is 0 Å². The molecule has 1 unspecified atom stereocenters. The van der Waals surface area contributed by atoms with Gasteiger partial charge >= 0.3 is 0 Å². The van der Waals surface area contributed by atoms with E-state index in [1.165, 1.54) is 24.8 Å². The molecule has 0 heteroatoms. The van der Waals surface area contributed by atoms with Gasteiger partial charge in [0.25, 0.3) is 0 Å². The Morgan fingerprint density at radius 1 is 1.42 bits per heavy atom. The number of benzene rings is 1. The van der Waals surface area contributed by atoms with Crippen LogP contribution in [0.3, 0.4) is 0 Å². The van der Waals surface area contributed by atoms with Gasteiger partial charge in [-0.15, -0.1) is 0 Å². The van der Waals surface area contributed by atoms with Crippen LogP contribution in [-0.2, 0) is 0 Å². The zero-order valence-corrected chi connectivity index (χ0v) is 7.93. The third-order valence-electron chi connectivity index (χ3n) is 2.19. The Kier molecular flexibility index (Phi) is 3.86. The molecular formula is C12H16. The number of hydrogen-bond donors (Lipinski definition) is 0. The largest absolute Gasteiger partial charge is 0.0654 e. The predicted molar refractivity (Wildman–Crippen MR) is 52.1 cm³/mol. The Bertz CT molecular complexity index is 201. The normalized spacial score (nSPS) is 12.8. The van der Waals surface area contributed by atoms with Crippen molar-refractivity contribution in [2.24, 2.45) is 0 Å². The van der Waals surface area contributed by atoms with Crippen LogP contribution in [0, 0.1) is 12.1 Å². The van der Waals surface area contributed by atoms with Gasteiger partial charge in [0.15, 0.2) is 0 Å². The molecule has 0 heterocycles. The van der Waals surface area contributed by atoms with Crippen LogP contribution < -0.4 is 0 Å². The minimum Gasteiger partial charge on any atom is -0.0654 e. The minimum atomic E-state index is 0.641. The van der Waals surface area contributed by atoms with E-state index >= 15 is 0 Å². The quantitative estimate of drug-likeness (QED) is 0.631.